The summed E-state index contributed by atoms with van der Waals surface area (Å²) in [5.74, 6) is -1.06. The summed E-state index contributed by atoms with van der Waals surface area (Å²) in [7, 11) is 0. The molecule has 0 spiro atoms. The second-order valence-corrected chi connectivity index (χ2v) is 5.54. The highest BCUT2D eigenvalue weighted by Crippen LogP contribution is 2.34. The monoisotopic (exact) mass is 329 g/mol. The van der Waals surface area contributed by atoms with Crippen LogP contribution < -0.4 is 11.1 Å². The van der Waals surface area contributed by atoms with Crippen LogP contribution in [0, 0.1) is 5.92 Å². The standard InChI is InChI=1S/C15H18F3N3O2/c16-15(17,18)11-3-1-2-4-12(11)20-13(22)9-21-7-5-10(6-8-21)14(19)23/h1-4,10H,5-9H2,(H2,19,23)(H,20,22). The minimum atomic E-state index is -4.52. The van der Waals surface area contributed by atoms with Crippen LogP contribution in [-0.4, -0.2) is 36.3 Å². The molecule has 1 aliphatic heterocycles. The number of carbonyl (C=O) groups excluding carboxylic acids is 2. The van der Waals surface area contributed by atoms with Crippen molar-refractivity contribution in [3.8, 4) is 0 Å². The van der Waals surface area contributed by atoms with Crippen molar-refractivity contribution < 1.29 is 22.8 Å². The number of rotatable bonds is 4. The molecular formula is C15H18F3N3O2. The fourth-order valence-corrected chi connectivity index (χ4v) is 2.61. The Morgan fingerprint density at radius 2 is 1.83 bits per heavy atom. The van der Waals surface area contributed by atoms with Crippen LogP contribution in [0.4, 0.5) is 18.9 Å². The number of amides is 2. The van der Waals surface area contributed by atoms with E-state index in [4.69, 9.17) is 5.73 Å². The molecule has 8 heteroatoms. The molecule has 1 aromatic rings. The molecule has 1 heterocycles. The normalized spacial score (nSPS) is 17.0. The summed E-state index contributed by atoms with van der Waals surface area (Å²) in [6.45, 7) is 1.02. The third kappa shape index (κ3) is 4.69. The Labute approximate surface area is 131 Å². The van der Waals surface area contributed by atoms with Crippen molar-refractivity contribution in [1.29, 1.82) is 0 Å². The number of nitrogens with two attached hydrogens (primary N) is 1. The Morgan fingerprint density at radius 1 is 1.22 bits per heavy atom. The molecule has 0 unspecified atom stereocenters. The third-order valence-corrected chi connectivity index (χ3v) is 3.86. The summed E-state index contributed by atoms with van der Waals surface area (Å²) < 4.78 is 38.6. The number of primary amides is 1. The quantitative estimate of drug-likeness (QED) is 0.885. The van der Waals surface area contributed by atoms with E-state index in [1.54, 1.807) is 4.90 Å². The molecule has 1 saturated heterocycles. The number of carbonyl (C=O) groups is 2. The molecule has 2 rings (SSSR count). The number of nitrogens with zero attached hydrogens (tertiary/aromatic N) is 1. The fraction of sp³-hybridized carbons (Fsp3) is 0.467. The molecule has 1 aliphatic rings. The molecule has 3 N–H and O–H groups in total. The molecule has 1 fully saturated rings. The van der Waals surface area contributed by atoms with Crippen LogP contribution >= 0.6 is 0 Å². The van der Waals surface area contributed by atoms with Gasteiger partial charge in [-0.1, -0.05) is 12.1 Å². The van der Waals surface area contributed by atoms with Crippen LogP contribution in [0.15, 0.2) is 24.3 Å². The first-order valence-electron chi connectivity index (χ1n) is 7.25. The van der Waals surface area contributed by atoms with E-state index in [0.29, 0.717) is 25.9 Å². The van der Waals surface area contributed by atoms with Crippen molar-refractivity contribution in [3.63, 3.8) is 0 Å². The first kappa shape index (κ1) is 17.3. The van der Waals surface area contributed by atoms with Gasteiger partial charge in [-0.3, -0.25) is 14.5 Å². The van der Waals surface area contributed by atoms with E-state index in [-0.39, 0.29) is 24.1 Å². The Balaban J connectivity index is 1.93. The van der Waals surface area contributed by atoms with Crippen LogP contribution in [0.3, 0.4) is 0 Å². The smallest absolute Gasteiger partial charge is 0.369 e. The number of hydrogen-bond acceptors (Lipinski definition) is 3. The molecule has 0 aliphatic carbocycles. The lowest BCUT2D eigenvalue weighted by atomic mass is 9.96. The number of piperidine rings is 1. The highest BCUT2D eigenvalue weighted by Gasteiger charge is 2.33. The summed E-state index contributed by atoms with van der Waals surface area (Å²) in [5.41, 5.74) is 4.10. The highest BCUT2D eigenvalue weighted by molar-refractivity contribution is 5.93. The van der Waals surface area contributed by atoms with Crippen molar-refractivity contribution in [3.05, 3.63) is 29.8 Å². The van der Waals surface area contributed by atoms with E-state index in [2.05, 4.69) is 5.32 Å². The van der Waals surface area contributed by atoms with Gasteiger partial charge in [0.2, 0.25) is 11.8 Å². The van der Waals surface area contributed by atoms with Gasteiger partial charge in [-0.25, -0.2) is 0 Å². The predicted octanol–water partition coefficient (Wildman–Crippen LogP) is 1.84. The first-order valence-corrected chi connectivity index (χ1v) is 7.25. The van der Waals surface area contributed by atoms with E-state index in [1.807, 2.05) is 0 Å². The first-order chi connectivity index (χ1) is 10.8. The molecule has 0 bridgehead atoms. The molecule has 23 heavy (non-hydrogen) atoms. The second kappa shape index (κ2) is 6.99. The molecule has 0 radical (unpaired) electrons. The zero-order chi connectivity index (χ0) is 17.0. The van der Waals surface area contributed by atoms with E-state index in [0.717, 1.165) is 6.07 Å². The highest BCUT2D eigenvalue weighted by atomic mass is 19.4. The second-order valence-electron chi connectivity index (χ2n) is 5.54. The SMILES string of the molecule is NC(=O)C1CCN(CC(=O)Nc2ccccc2C(F)(F)F)CC1. The lowest BCUT2D eigenvalue weighted by molar-refractivity contribution is -0.137. The maximum Gasteiger partial charge on any atom is 0.418 e. The molecule has 126 valence electrons. The van der Waals surface area contributed by atoms with Crippen molar-refractivity contribution in [2.24, 2.45) is 11.7 Å². The molecule has 0 saturated carbocycles. The van der Waals surface area contributed by atoms with Crippen LogP contribution in [0.2, 0.25) is 0 Å². The fourth-order valence-electron chi connectivity index (χ4n) is 2.61. The Kier molecular flexibility index (Phi) is 5.25. The van der Waals surface area contributed by atoms with Crippen LogP contribution in [0.25, 0.3) is 0 Å². The predicted molar refractivity (Wildman–Crippen MR) is 78.4 cm³/mol. The minimum Gasteiger partial charge on any atom is -0.369 e. The summed E-state index contributed by atoms with van der Waals surface area (Å²) in [6.07, 6.45) is -3.41. The van der Waals surface area contributed by atoms with Gasteiger partial charge in [0, 0.05) is 5.92 Å². The van der Waals surface area contributed by atoms with E-state index >= 15 is 0 Å². The maximum atomic E-state index is 12.9. The number of benzene rings is 1. The van der Waals surface area contributed by atoms with Gasteiger partial charge < -0.3 is 11.1 Å². The molecular weight excluding hydrogens is 311 g/mol. The zero-order valence-electron chi connectivity index (χ0n) is 12.4. The van der Waals surface area contributed by atoms with Crippen LogP contribution in [0.1, 0.15) is 18.4 Å². The van der Waals surface area contributed by atoms with Crippen molar-refractivity contribution >= 4 is 17.5 Å². The number of nitrogens with one attached hydrogen (secondary N) is 1. The van der Waals surface area contributed by atoms with Crippen LogP contribution in [0.5, 0.6) is 0 Å². The average Bonchev–Trinajstić information content (AvgIpc) is 2.47. The van der Waals surface area contributed by atoms with Crippen LogP contribution in [-0.2, 0) is 15.8 Å². The number of anilines is 1. The van der Waals surface area contributed by atoms with Gasteiger partial charge >= 0.3 is 6.18 Å². The van der Waals surface area contributed by atoms with Gasteiger partial charge in [0.1, 0.15) is 0 Å². The largest absolute Gasteiger partial charge is 0.418 e. The van der Waals surface area contributed by atoms with Gasteiger partial charge in [-0.15, -0.1) is 0 Å². The third-order valence-electron chi connectivity index (χ3n) is 3.86. The molecule has 1 aromatic carbocycles. The number of para-hydroxylation sites is 1. The van der Waals surface area contributed by atoms with Gasteiger partial charge in [-0.05, 0) is 38.1 Å². The van der Waals surface area contributed by atoms with E-state index in [9.17, 15) is 22.8 Å². The summed E-state index contributed by atoms with van der Waals surface area (Å²) in [4.78, 5) is 24.8. The van der Waals surface area contributed by atoms with E-state index < -0.39 is 17.6 Å². The lowest BCUT2D eigenvalue weighted by Gasteiger charge is -2.29. The Bertz CT molecular complexity index is 582. The van der Waals surface area contributed by atoms with Gasteiger partial charge in [0.15, 0.2) is 0 Å². The average molecular weight is 329 g/mol. The van der Waals surface area contributed by atoms with Gasteiger partial charge in [-0.2, -0.15) is 13.2 Å². The van der Waals surface area contributed by atoms with Crippen molar-refractivity contribution in [2.75, 3.05) is 25.0 Å². The summed E-state index contributed by atoms with van der Waals surface area (Å²) in [6, 6.07) is 4.85. The molecule has 5 nitrogen and oxygen atoms in total. The topological polar surface area (TPSA) is 75.4 Å². The Morgan fingerprint density at radius 3 is 2.39 bits per heavy atom. The molecule has 0 aromatic heterocycles. The summed E-state index contributed by atoms with van der Waals surface area (Å²) >= 11 is 0. The lowest BCUT2D eigenvalue weighted by Crippen LogP contribution is -2.42. The van der Waals surface area contributed by atoms with E-state index in [1.165, 1.54) is 18.2 Å². The van der Waals surface area contributed by atoms with Crippen molar-refractivity contribution in [1.82, 2.24) is 4.90 Å². The Hall–Kier alpha value is -2.09. The summed E-state index contributed by atoms with van der Waals surface area (Å²) in [5, 5.41) is 2.31. The number of hydrogen-bond donors (Lipinski definition) is 2. The number of likely N-dealkylation sites (tertiary alicyclic amines) is 1. The van der Waals surface area contributed by atoms with Gasteiger partial charge in [0.25, 0.3) is 0 Å². The molecule has 2 amide bonds. The minimum absolute atomic E-state index is 0.0162. The number of alkyl halides is 3. The molecule has 0 atom stereocenters. The number of halogens is 3. The zero-order valence-corrected chi connectivity index (χ0v) is 12.4. The van der Waals surface area contributed by atoms with Crippen molar-refractivity contribution in [2.45, 2.75) is 19.0 Å². The maximum absolute atomic E-state index is 12.9. The van der Waals surface area contributed by atoms with Gasteiger partial charge in [0.05, 0.1) is 17.8 Å².